The van der Waals surface area contributed by atoms with Crippen LogP contribution in [-0.2, 0) is 63.9 Å². The van der Waals surface area contributed by atoms with Gasteiger partial charge in [0.25, 0.3) is 0 Å². The van der Waals surface area contributed by atoms with Gasteiger partial charge in [-0.25, -0.2) is 9.59 Å². The largest absolute Gasteiger partial charge is 0.507 e. The summed E-state index contributed by atoms with van der Waals surface area (Å²) in [4.78, 5) is 85.4. The summed E-state index contributed by atoms with van der Waals surface area (Å²) in [6, 6.07) is 30.6. The van der Waals surface area contributed by atoms with Crippen molar-refractivity contribution in [3.63, 3.8) is 0 Å². The van der Waals surface area contributed by atoms with Crippen LogP contribution in [0.3, 0.4) is 0 Å². The van der Waals surface area contributed by atoms with Gasteiger partial charge in [0.05, 0.1) is 14.2 Å². The number of nitrogens with zero attached hydrogens (tertiary/aromatic N) is 2. The van der Waals surface area contributed by atoms with Crippen molar-refractivity contribution in [1.29, 1.82) is 0 Å². The van der Waals surface area contributed by atoms with Crippen molar-refractivity contribution in [1.82, 2.24) is 10.6 Å². The summed E-state index contributed by atoms with van der Waals surface area (Å²) >= 11 is 0. The van der Waals surface area contributed by atoms with E-state index in [-0.39, 0.29) is 75.0 Å². The summed E-state index contributed by atoms with van der Waals surface area (Å²) in [5, 5.41) is 36.2. The third-order valence-corrected chi connectivity index (χ3v) is 13.7. The molecule has 0 unspecified atom stereocenters. The third-order valence-electron chi connectivity index (χ3n) is 13.7. The normalized spacial score (nSPS) is 12.2. The van der Waals surface area contributed by atoms with Gasteiger partial charge in [0.15, 0.2) is 25.1 Å². The fourth-order valence-corrected chi connectivity index (χ4v) is 9.84. The summed E-state index contributed by atoms with van der Waals surface area (Å²) in [5.74, 6) is -2.65. The number of hydrogen-bond acceptors (Lipinski definition) is 14. The molecule has 22 nitrogen and oxygen atoms in total. The van der Waals surface area contributed by atoms with E-state index in [1.165, 1.54) is 28.1 Å². The Labute approximate surface area is 486 Å². The molecular formula is C62H70N10O12. The Hall–Kier alpha value is -10.1. The van der Waals surface area contributed by atoms with E-state index in [0.717, 1.165) is 0 Å². The van der Waals surface area contributed by atoms with Crippen molar-refractivity contribution in [2.75, 3.05) is 51.2 Å². The molecule has 2 atom stereocenters. The predicted molar refractivity (Wildman–Crippen MR) is 319 cm³/mol. The number of benzene rings is 6. The SMILES string of the molecule is COC(=O)COc1c2cccc1Cc1cc(-c3cccc(NC(=O)[C@H](CCCN=C(N)N)NC(C)=O)c3)cc(c1O)Cc1cccc(c1OCC(=O)OC)Cc1cc(-c3cccc(NC(=O)[C@H](CCCN=C(N)N)NC(C)=O)c3)cc(c1O)C2. The molecule has 22 heteroatoms. The van der Waals surface area contributed by atoms with Gasteiger partial charge < -0.3 is 73.4 Å². The first kappa shape index (κ1) is 61.5. The standard InChI is InChI=1S/C62H70N10O12/c1-35(73)69-51(19-9-21-67-61(63)64)59(79)71-49-17-7-11-37(31-49)43-27-45-23-39-13-5-15-41(57(39)83-33-53(75)81-3)25-47-29-44(38-12-8-18-50(32-38)72-60(80)52(70-36(2)74)20-10-22-68-62(65)66)30-48(56(47)78)26-42-16-6-14-40(24-46(28-43)55(45)77)58(42)84-34-54(76)82-4/h5-8,11-18,27-32,51-52,77-78H,9-10,19-26,33-34H2,1-4H3,(H,69,73)(H,70,74)(H,71,79)(H,72,80)(H4,63,64,67)(H4,65,66,68)/t51-,52-/m0/s1. The number of anilines is 2. The summed E-state index contributed by atoms with van der Waals surface area (Å²) in [6.07, 6.45) is 1.59. The molecule has 0 aromatic heterocycles. The molecule has 1 aliphatic rings. The maximum absolute atomic E-state index is 13.7. The number of carbonyl (C=O) groups is 6. The molecule has 0 aliphatic heterocycles. The van der Waals surface area contributed by atoms with Crippen molar-refractivity contribution in [3.8, 4) is 45.3 Å². The molecule has 4 amide bonds. The number of aliphatic imine (C=N–C) groups is 2. The predicted octanol–water partition coefficient (Wildman–Crippen LogP) is 5.21. The molecule has 6 aromatic rings. The van der Waals surface area contributed by atoms with Gasteiger partial charge in [-0.1, -0.05) is 60.7 Å². The van der Waals surface area contributed by atoms with Gasteiger partial charge >= 0.3 is 11.9 Å². The summed E-state index contributed by atoms with van der Waals surface area (Å²) in [6.45, 7) is 2.23. The number of aromatic hydroxyl groups is 2. The molecule has 0 fully saturated rings. The van der Waals surface area contributed by atoms with E-state index in [1.54, 1.807) is 36.4 Å². The fourth-order valence-electron chi connectivity index (χ4n) is 9.84. The van der Waals surface area contributed by atoms with Crippen LogP contribution in [0, 0.1) is 0 Å². The van der Waals surface area contributed by atoms with Crippen LogP contribution in [0.4, 0.5) is 11.4 Å². The number of amides is 4. The van der Waals surface area contributed by atoms with E-state index in [1.807, 2.05) is 72.8 Å². The van der Waals surface area contributed by atoms with Crippen molar-refractivity contribution < 1.29 is 57.9 Å². The molecule has 7 rings (SSSR count). The summed E-state index contributed by atoms with van der Waals surface area (Å²) in [5.41, 5.74) is 29.5. The topological polar surface area (TPSA) is 357 Å². The summed E-state index contributed by atoms with van der Waals surface area (Å²) < 4.78 is 22.7. The molecule has 14 N–H and O–H groups in total. The van der Waals surface area contributed by atoms with E-state index in [9.17, 15) is 39.0 Å². The van der Waals surface area contributed by atoms with Crippen LogP contribution in [0.1, 0.15) is 84.0 Å². The number of hydrogen-bond donors (Lipinski definition) is 10. The quantitative estimate of drug-likeness (QED) is 0.0180. The number of methoxy groups -OCH3 is 2. The molecule has 0 saturated carbocycles. The van der Waals surface area contributed by atoms with Crippen LogP contribution >= 0.6 is 0 Å². The number of ether oxygens (including phenoxy) is 4. The monoisotopic (exact) mass is 1150 g/mol. The lowest BCUT2D eigenvalue weighted by Gasteiger charge is -2.22. The smallest absolute Gasteiger partial charge is 0.343 e. The number of carbonyl (C=O) groups excluding carboxylic acids is 6. The number of phenols is 2. The molecule has 0 spiro atoms. The lowest BCUT2D eigenvalue weighted by Crippen LogP contribution is -2.43. The third kappa shape index (κ3) is 17.0. The Morgan fingerprint density at radius 2 is 0.821 bits per heavy atom. The zero-order valence-corrected chi connectivity index (χ0v) is 47.2. The number of nitrogens with two attached hydrogens (primary N) is 4. The molecule has 0 radical (unpaired) electrons. The van der Waals surface area contributed by atoms with Crippen LogP contribution < -0.4 is 53.7 Å². The van der Waals surface area contributed by atoms with Crippen LogP contribution in [0.25, 0.3) is 22.3 Å². The maximum atomic E-state index is 13.7. The number of esters is 2. The Morgan fingerprint density at radius 1 is 0.488 bits per heavy atom. The number of nitrogens with one attached hydrogen (secondary N) is 4. The molecular weight excluding hydrogens is 1080 g/mol. The van der Waals surface area contributed by atoms with Crippen LogP contribution in [0.15, 0.2) is 119 Å². The van der Waals surface area contributed by atoms with E-state index in [4.69, 9.17) is 41.9 Å². The molecule has 84 heavy (non-hydrogen) atoms. The van der Waals surface area contributed by atoms with Crippen molar-refractivity contribution in [2.24, 2.45) is 32.9 Å². The van der Waals surface area contributed by atoms with Gasteiger partial charge in [0.1, 0.15) is 35.1 Å². The number of guanidine groups is 2. The molecule has 8 bridgehead atoms. The highest BCUT2D eigenvalue weighted by Crippen LogP contribution is 2.42. The fraction of sp³-hybridized carbons (Fsp3) is 0.290. The van der Waals surface area contributed by atoms with Crippen molar-refractivity contribution in [3.05, 3.63) is 154 Å². The number of phenolic OH excluding ortho intramolecular Hbond substituents is 2. The molecule has 440 valence electrons. The lowest BCUT2D eigenvalue weighted by molar-refractivity contribution is -0.143. The molecule has 0 saturated heterocycles. The minimum atomic E-state index is -0.893. The van der Waals surface area contributed by atoms with Gasteiger partial charge in [0.2, 0.25) is 23.6 Å². The average Bonchev–Trinajstić information content (AvgIpc) is 3.19. The van der Waals surface area contributed by atoms with Gasteiger partial charge in [0, 0.05) is 64.0 Å². The first-order valence-corrected chi connectivity index (χ1v) is 27.1. The second-order valence-corrected chi connectivity index (χ2v) is 20.1. The second kappa shape index (κ2) is 29.0. The molecule has 1 aliphatic carbocycles. The minimum Gasteiger partial charge on any atom is -0.507 e. The highest BCUT2D eigenvalue weighted by atomic mass is 16.6. The van der Waals surface area contributed by atoms with E-state index in [0.29, 0.717) is 102 Å². The van der Waals surface area contributed by atoms with Gasteiger partial charge in [-0.15, -0.1) is 0 Å². The zero-order chi connectivity index (χ0) is 60.5. The number of para-hydroxylation sites is 2. The molecule has 0 heterocycles. The minimum absolute atomic E-state index is 0.0535. The maximum Gasteiger partial charge on any atom is 0.343 e. The Bertz CT molecular complexity index is 3170. The van der Waals surface area contributed by atoms with Crippen LogP contribution in [0.2, 0.25) is 0 Å². The Kier molecular flexibility index (Phi) is 21.3. The van der Waals surface area contributed by atoms with Gasteiger partial charge in [-0.05, 0) is 141 Å². The molecule has 6 aromatic carbocycles. The summed E-state index contributed by atoms with van der Waals surface area (Å²) in [7, 11) is 2.50. The highest BCUT2D eigenvalue weighted by molar-refractivity contribution is 5.98. The van der Waals surface area contributed by atoms with E-state index < -0.39 is 60.9 Å². The van der Waals surface area contributed by atoms with Crippen LogP contribution in [0.5, 0.6) is 23.0 Å². The van der Waals surface area contributed by atoms with Crippen LogP contribution in [-0.4, -0.2) is 110 Å². The van der Waals surface area contributed by atoms with Crippen molar-refractivity contribution in [2.45, 2.75) is 77.3 Å². The number of fused-ring (bicyclic) bond motifs is 8. The Balaban J connectivity index is 1.35. The first-order valence-electron chi connectivity index (χ1n) is 27.1. The van der Waals surface area contributed by atoms with Gasteiger partial charge in [-0.2, -0.15) is 0 Å². The van der Waals surface area contributed by atoms with E-state index in [2.05, 4.69) is 31.3 Å². The first-order chi connectivity index (χ1) is 40.3. The lowest BCUT2D eigenvalue weighted by atomic mass is 9.88. The average molecular weight is 1150 g/mol. The Morgan fingerprint density at radius 3 is 1.13 bits per heavy atom. The van der Waals surface area contributed by atoms with Gasteiger partial charge in [-0.3, -0.25) is 29.2 Å². The van der Waals surface area contributed by atoms with E-state index >= 15 is 0 Å². The van der Waals surface area contributed by atoms with Crippen molar-refractivity contribution >= 4 is 58.9 Å². The highest BCUT2D eigenvalue weighted by Gasteiger charge is 2.25. The number of rotatable bonds is 22. The zero-order valence-electron chi connectivity index (χ0n) is 47.2. The second-order valence-electron chi connectivity index (χ2n) is 20.1.